The highest BCUT2D eigenvalue weighted by atomic mass is 79.9. The highest BCUT2D eigenvalue weighted by Crippen LogP contribution is 2.22. The molecule has 0 saturated carbocycles. The molecule has 1 aromatic carbocycles. The SMILES string of the molecule is CCCCNC(=O)C1CCN(Cc2nc(-c3cccc(Br)c3)no2)CC1. The highest BCUT2D eigenvalue weighted by molar-refractivity contribution is 9.10. The number of nitrogens with zero attached hydrogens (tertiary/aromatic N) is 3. The van der Waals surface area contributed by atoms with E-state index in [9.17, 15) is 4.79 Å². The van der Waals surface area contributed by atoms with Crippen molar-refractivity contribution in [3.63, 3.8) is 0 Å². The molecule has 140 valence electrons. The Morgan fingerprint density at radius 1 is 1.38 bits per heavy atom. The largest absolute Gasteiger partial charge is 0.356 e. The van der Waals surface area contributed by atoms with Crippen LogP contribution in [0.4, 0.5) is 0 Å². The minimum Gasteiger partial charge on any atom is -0.356 e. The summed E-state index contributed by atoms with van der Waals surface area (Å²) >= 11 is 3.46. The fourth-order valence-corrected chi connectivity index (χ4v) is 3.54. The molecule has 1 aliphatic rings. The topological polar surface area (TPSA) is 71.3 Å². The molecule has 6 nitrogen and oxygen atoms in total. The van der Waals surface area contributed by atoms with E-state index in [2.05, 4.69) is 43.2 Å². The van der Waals surface area contributed by atoms with Gasteiger partial charge in [-0.15, -0.1) is 0 Å². The summed E-state index contributed by atoms with van der Waals surface area (Å²) in [7, 11) is 0. The van der Waals surface area contributed by atoms with Crippen LogP contribution < -0.4 is 5.32 Å². The number of carbonyl (C=O) groups is 1. The van der Waals surface area contributed by atoms with E-state index in [1.54, 1.807) is 0 Å². The van der Waals surface area contributed by atoms with Gasteiger partial charge in [0.05, 0.1) is 6.54 Å². The Morgan fingerprint density at radius 2 is 2.19 bits per heavy atom. The summed E-state index contributed by atoms with van der Waals surface area (Å²) in [6, 6.07) is 7.85. The molecule has 0 unspecified atom stereocenters. The number of hydrogen-bond acceptors (Lipinski definition) is 5. The second-order valence-corrected chi connectivity index (χ2v) is 7.63. The standard InChI is InChI=1S/C19H25BrN4O2/c1-2-3-9-21-19(25)14-7-10-24(11-8-14)13-17-22-18(23-26-17)15-5-4-6-16(20)12-15/h4-6,12,14H,2-3,7-11,13H2,1H3,(H,21,25). The first kappa shape index (κ1) is 19.0. The molecule has 1 aliphatic heterocycles. The molecule has 1 aromatic heterocycles. The summed E-state index contributed by atoms with van der Waals surface area (Å²) in [5.74, 6) is 1.55. The third-order valence-corrected chi connectivity index (χ3v) is 5.19. The van der Waals surface area contributed by atoms with Gasteiger partial charge in [-0.05, 0) is 44.5 Å². The van der Waals surface area contributed by atoms with Crippen LogP contribution in [-0.2, 0) is 11.3 Å². The molecule has 1 fully saturated rings. The van der Waals surface area contributed by atoms with E-state index in [0.717, 1.165) is 55.4 Å². The Labute approximate surface area is 162 Å². The summed E-state index contributed by atoms with van der Waals surface area (Å²) in [4.78, 5) is 18.9. The zero-order valence-corrected chi connectivity index (χ0v) is 16.7. The second kappa shape index (κ2) is 9.28. The Bertz CT molecular complexity index is 726. The Morgan fingerprint density at radius 3 is 2.92 bits per heavy atom. The minimum atomic E-state index is 0.128. The number of nitrogens with one attached hydrogen (secondary N) is 1. The third kappa shape index (κ3) is 5.14. The first-order chi connectivity index (χ1) is 12.7. The molecule has 1 saturated heterocycles. The summed E-state index contributed by atoms with van der Waals surface area (Å²) in [5.41, 5.74) is 0.928. The van der Waals surface area contributed by atoms with E-state index in [-0.39, 0.29) is 11.8 Å². The van der Waals surface area contributed by atoms with Gasteiger partial charge in [0.15, 0.2) is 0 Å². The zero-order valence-electron chi connectivity index (χ0n) is 15.1. The van der Waals surface area contributed by atoms with Gasteiger partial charge in [-0.2, -0.15) is 4.98 Å². The predicted molar refractivity (Wildman–Crippen MR) is 103 cm³/mol. The number of piperidine rings is 1. The lowest BCUT2D eigenvalue weighted by atomic mass is 9.96. The molecular formula is C19H25BrN4O2. The van der Waals surface area contributed by atoms with Crippen LogP contribution in [0.5, 0.6) is 0 Å². The molecule has 2 aromatic rings. The minimum absolute atomic E-state index is 0.128. The normalized spacial score (nSPS) is 15.9. The average molecular weight is 421 g/mol. The molecule has 0 radical (unpaired) electrons. The third-order valence-electron chi connectivity index (χ3n) is 4.70. The van der Waals surface area contributed by atoms with Crippen molar-refractivity contribution in [3.05, 3.63) is 34.6 Å². The van der Waals surface area contributed by atoms with E-state index in [0.29, 0.717) is 18.3 Å². The Balaban J connectivity index is 1.48. The molecule has 0 aliphatic carbocycles. The van der Waals surface area contributed by atoms with Gasteiger partial charge in [0.25, 0.3) is 0 Å². The van der Waals surface area contributed by atoms with Crippen molar-refractivity contribution >= 4 is 21.8 Å². The number of likely N-dealkylation sites (tertiary alicyclic amines) is 1. The van der Waals surface area contributed by atoms with Crippen LogP contribution in [0.25, 0.3) is 11.4 Å². The van der Waals surface area contributed by atoms with Crippen LogP contribution in [0, 0.1) is 5.92 Å². The fourth-order valence-electron chi connectivity index (χ4n) is 3.14. The number of unbranched alkanes of at least 4 members (excludes halogenated alkanes) is 1. The summed E-state index contributed by atoms with van der Waals surface area (Å²) < 4.78 is 6.39. The van der Waals surface area contributed by atoms with Crippen molar-refractivity contribution in [2.45, 2.75) is 39.2 Å². The van der Waals surface area contributed by atoms with Crippen LogP contribution in [0.15, 0.2) is 33.3 Å². The van der Waals surface area contributed by atoms with Crippen molar-refractivity contribution in [1.82, 2.24) is 20.4 Å². The molecular weight excluding hydrogens is 396 g/mol. The number of rotatable bonds is 7. The molecule has 0 bridgehead atoms. The van der Waals surface area contributed by atoms with Gasteiger partial charge in [0.1, 0.15) is 0 Å². The zero-order chi connectivity index (χ0) is 18.4. The van der Waals surface area contributed by atoms with Gasteiger partial charge < -0.3 is 9.84 Å². The smallest absolute Gasteiger partial charge is 0.241 e. The van der Waals surface area contributed by atoms with Crippen molar-refractivity contribution in [2.75, 3.05) is 19.6 Å². The van der Waals surface area contributed by atoms with E-state index < -0.39 is 0 Å². The lowest BCUT2D eigenvalue weighted by Crippen LogP contribution is -2.40. The first-order valence-corrected chi connectivity index (χ1v) is 10.0. The van der Waals surface area contributed by atoms with E-state index in [1.165, 1.54) is 0 Å². The molecule has 26 heavy (non-hydrogen) atoms. The lowest BCUT2D eigenvalue weighted by molar-refractivity contribution is -0.126. The van der Waals surface area contributed by atoms with Gasteiger partial charge in [-0.3, -0.25) is 9.69 Å². The molecule has 1 amide bonds. The van der Waals surface area contributed by atoms with Gasteiger partial charge >= 0.3 is 0 Å². The predicted octanol–water partition coefficient (Wildman–Crippen LogP) is 3.63. The van der Waals surface area contributed by atoms with Crippen molar-refractivity contribution < 1.29 is 9.32 Å². The van der Waals surface area contributed by atoms with Gasteiger partial charge in [-0.1, -0.05) is 46.6 Å². The van der Waals surface area contributed by atoms with Gasteiger partial charge in [0, 0.05) is 22.5 Å². The van der Waals surface area contributed by atoms with Crippen LogP contribution in [-0.4, -0.2) is 40.6 Å². The maximum Gasteiger partial charge on any atom is 0.241 e. The molecule has 0 spiro atoms. The van der Waals surface area contributed by atoms with Crippen LogP contribution >= 0.6 is 15.9 Å². The summed E-state index contributed by atoms with van der Waals surface area (Å²) in [6.45, 7) is 5.30. The summed E-state index contributed by atoms with van der Waals surface area (Å²) in [6.07, 6.45) is 3.90. The Hall–Kier alpha value is -1.73. The molecule has 3 rings (SSSR count). The van der Waals surface area contributed by atoms with Crippen molar-refractivity contribution in [1.29, 1.82) is 0 Å². The average Bonchev–Trinajstić information content (AvgIpc) is 3.11. The fraction of sp³-hybridized carbons (Fsp3) is 0.526. The molecule has 7 heteroatoms. The second-order valence-electron chi connectivity index (χ2n) is 6.72. The number of aromatic nitrogens is 2. The Kier molecular flexibility index (Phi) is 6.80. The van der Waals surface area contributed by atoms with E-state index in [4.69, 9.17) is 4.52 Å². The quantitative estimate of drug-likeness (QED) is 0.692. The van der Waals surface area contributed by atoms with Crippen LogP contribution in [0.1, 0.15) is 38.5 Å². The van der Waals surface area contributed by atoms with Crippen molar-refractivity contribution in [3.8, 4) is 11.4 Å². The van der Waals surface area contributed by atoms with Gasteiger partial charge in [0.2, 0.25) is 17.6 Å². The van der Waals surface area contributed by atoms with E-state index >= 15 is 0 Å². The van der Waals surface area contributed by atoms with E-state index in [1.807, 2.05) is 24.3 Å². The molecule has 1 N–H and O–H groups in total. The number of amides is 1. The highest BCUT2D eigenvalue weighted by Gasteiger charge is 2.25. The lowest BCUT2D eigenvalue weighted by Gasteiger charge is -2.30. The first-order valence-electron chi connectivity index (χ1n) is 9.24. The van der Waals surface area contributed by atoms with Gasteiger partial charge in [-0.25, -0.2) is 0 Å². The van der Waals surface area contributed by atoms with Crippen molar-refractivity contribution in [2.24, 2.45) is 5.92 Å². The maximum atomic E-state index is 12.2. The molecule has 2 heterocycles. The van der Waals surface area contributed by atoms with Crippen LogP contribution in [0.3, 0.4) is 0 Å². The monoisotopic (exact) mass is 420 g/mol. The summed E-state index contributed by atoms with van der Waals surface area (Å²) in [5, 5.41) is 7.12. The number of hydrogen-bond donors (Lipinski definition) is 1. The maximum absolute atomic E-state index is 12.2. The number of benzene rings is 1. The van der Waals surface area contributed by atoms with Crippen LogP contribution in [0.2, 0.25) is 0 Å². The number of carbonyl (C=O) groups excluding carboxylic acids is 1. The molecule has 0 atom stereocenters. The number of halogens is 1.